The van der Waals surface area contributed by atoms with Crippen LogP contribution in [0.2, 0.25) is 0 Å². The van der Waals surface area contributed by atoms with Crippen molar-refractivity contribution in [3.63, 3.8) is 0 Å². The van der Waals surface area contributed by atoms with Crippen molar-refractivity contribution in [1.82, 2.24) is 0 Å². The fraction of sp³-hybridized carbons (Fsp3) is 0.632. The molecule has 1 fully saturated rings. The predicted octanol–water partition coefficient (Wildman–Crippen LogP) is 3.32. The smallest absolute Gasteiger partial charge is 0.311 e. The molecule has 27 heavy (non-hydrogen) atoms. The van der Waals surface area contributed by atoms with Gasteiger partial charge in [0.15, 0.2) is 5.75 Å². The van der Waals surface area contributed by atoms with Crippen LogP contribution in [0.15, 0.2) is 18.2 Å². The Morgan fingerprint density at radius 2 is 1.96 bits per heavy atom. The van der Waals surface area contributed by atoms with E-state index in [9.17, 15) is 14.9 Å². The molecule has 0 aromatic heterocycles. The number of nitrogens with zero attached hydrogens (tertiary/aromatic N) is 2. The van der Waals surface area contributed by atoms with E-state index in [1.165, 1.54) is 13.2 Å². The first-order valence-corrected chi connectivity index (χ1v) is 9.10. The van der Waals surface area contributed by atoms with E-state index in [2.05, 4.69) is 4.90 Å². The molecule has 0 amide bonds. The van der Waals surface area contributed by atoms with E-state index in [1.807, 2.05) is 20.8 Å². The molecule has 1 aromatic carbocycles. The molecule has 1 aliphatic heterocycles. The van der Waals surface area contributed by atoms with E-state index in [0.717, 1.165) is 31.6 Å². The van der Waals surface area contributed by atoms with Crippen LogP contribution in [0.4, 0.5) is 11.4 Å². The quantitative estimate of drug-likeness (QED) is 0.407. The molecule has 1 saturated heterocycles. The number of ether oxygens (including phenoxy) is 3. The van der Waals surface area contributed by atoms with Gasteiger partial charge >= 0.3 is 11.7 Å². The van der Waals surface area contributed by atoms with Gasteiger partial charge in [-0.1, -0.05) is 0 Å². The summed E-state index contributed by atoms with van der Waals surface area (Å²) < 4.78 is 16.2. The van der Waals surface area contributed by atoms with Gasteiger partial charge < -0.3 is 19.1 Å². The first kappa shape index (κ1) is 21.0. The summed E-state index contributed by atoms with van der Waals surface area (Å²) in [5.41, 5.74) is 0.375. The maximum absolute atomic E-state index is 11.7. The van der Waals surface area contributed by atoms with Gasteiger partial charge in [0.05, 0.1) is 31.2 Å². The summed E-state index contributed by atoms with van der Waals surface area (Å²) in [7, 11) is 1.43. The molecule has 0 N–H and O–H groups in total. The number of rotatable bonds is 7. The van der Waals surface area contributed by atoms with Gasteiger partial charge in [-0.2, -0.15) is 0 Å². The zero-order chi connectivity index (χ0) is 20.0. The normalized spacial score (nSPS) is 15.5. The van der Waals surface area contributed by atoms with Crippen LogP contribution >= 0.6 is 0 Å². The van der Waals surface area contributed by atoms with Gasteiger partial charge in [-0.15, -0.1) is 0 Å². The molecule has 2 rings (SSSR count). The highest BCUT2D eigenvalue weighted by atomic mass is 16.6. The van der Waals surface area contributed by atoms with Gasteiger partial charge in [0.1, 0.15) is 5.60 Å². The minimum Gasteiger partial charge on any atom is -0.490 e. The van der Waals surface area contributed by atoms with Crippen LogP contribution in [0.25, 0.3) is 0 Å². The standard InChI is InChI=1S/C19H28N2O6/c1-19(2,3)27-18(22)9-12-26-15-7-10-20(11-8-15)14-5-6-16(21(23)24)17(13-14)25-4/h5-6,13,15H,7-12H2,1-4H3. The number of carbonyl (C=O) groups excluding carboxylic acids is 1. The summed E-state index contributed by atoms with van der Waals surface area (Å²) in [6.45, 7) is 7.43. The Morgan fingerprint density at radius 1 is 1.30 bits per heavy atom. The number of hydrogen-bond acceptors (Lipinski definition) is 7. The SMILES string of the molecule is COc1cc(N2CCC(OCCC(=O)OC(C)(C)C)CC2)ccc1[N+](=O)[O-]. The number of methoxy groups -OCH3 is 1. The van der Waals surface area contributed by atoms with Gasteiger partial charge in [-0.05, 0) is 39.7 Å². The zero-order valence-electron chi connectivity index (χ0n) is 16.4. The molecule has 1 aliphatic rings. The molecule has 0 spiro atoms. The molecule has 1 aromatic rings. The van der Waals surface area contributed by atoms with E-state index in [4.69, 9.17) is 14.2 Å². The summed E-state index contributed by atoms with van der Waals surface area (Å²) in [5, 5.41) is 11.0. The van der Waals surface area contributed by atoms with Crippen molar-refractivity contribution >= 4 is 17.3 Å². The third-order valence-corrected chi connectivity index (χ3v) is 4.25. The number of carbonyl (C=O) groups is 1. The highest BCUT2D eigenvalue weighted by Gasteiger charge is 2.23. The molecule has 0 atom stereocenters. The van der Waals surface area contributed by atoms with Crippen LogP contribution in [-0.4, -0.2) is 49.4 Å². The molecule has 150 valence electrons. The molecule has 8 heteroatoms. The second-order valence-electron chi connectivity index (χ2n) is 7.51. The Morgan fingerprint density at radius 3 is 2.52 bits per heavy atom. The lowest BCUT2D eigenvalue weighted by Gasteiger charge is -2.33. The number of benzene rings is 1. The second-order valence-corrected chi connectivity index (χ2v) is 7.51. The lowest BCUT2D eigenvalue weighted by molar-refractivity contribution is -0.385. The number of nitro groups is 1. The van der Waals surface area contributed by atoms with E-state index in [0.29, 0.717) is 6.61 Å². The maximum Gasteiger partial charge on any atom is 0.311 e. The average molecular weight is 380 g/mol. The number of piperidine rings is 1. The average Bonchev–Trinajstić information content (AvgIpc) is 2.60. The summed E-state index contributed by atoms with van der Waals surface area (Å²) in [4.78, 5) is 24.4. The van der Waals surface area contributed by atoms with Crippen LogP contribution in [0.3, 0.4) is 0 Å². The van der Waals surface area contributed by atoms with Crippen molar-refractivity contribution in [3.05, 3.63) is 28.3 Å². The predicted molar refractivity (Wildman–Crippen MR) is 101 cm³/mol. The number of nitro benzene ring substituents is 1. The van der Waals surface area contributed by atoms with Crippen molar-refractivity contribution in [1.29, 1.82) is 0 Å². The highest BCUT2D eigenvalue weighted by Crippen LogP contribution is 2.32. The topological polar surface area (TPSA) is 91.1 Å². The molecule has 0 saturated carbocycles. The largest absolute Gasteiger partial charge is 0.490 e. The third kappa shape index (κ3) is 6.39. The molecule has 0 unspecified atom stereocenters. The second kappa shape index (κ2) is 9.03. The van der Waals surface area contributed by atoms with Crippen LogP contribution < -0.4 is 9.64 Å². The number of esters is 1. The molecule has 1 heterocycles. The van der Waals surface area contributed by atoms with Gasteiger partial charge in [0, 0.05) is 30.9 Å². The van der Waals surface area contributed by atoms with E-state index >= 15 is 0 Å². The minimum absolute atomic E-state index is 0.0402. The number of anilines is 1. The van der Waals surface area contributed by atoms with Crippen molar-refractivity contribution < 1.29 is 23.9 Å². The Kier molecular flexibility index (Phi) is 7.01. The lowest BCUT2D eigenvalue weighted by atomic mass is 10.1. The molecule has 0 bridgehead atoms. The van der Waals surface area contributed by atoms with Crippen LogP contribution in [0.5, 0.6) is 5.75 Å². The van der Waals surface area contributed by atoms with Crippen LogP contribution in [0, 0.1) is 10.1 Å². The van der Waals surface area contributed by atoms with Gasteiger partial charge in [-0.3, -0.25) is 14.9 Å². The molecule has 0 radical (unpaired) electrons. The zero-order valence-corrected chi connectivity index (χ0v) is 16.4. The van der Waals surface area contributed by atoms with Crippen molar-refractivity contribution in [2.75, 3.05) is 31.7 Å². The van der Waals surface area contributed by atoms with Gasteiger partial charge in [0.2, 0.25) is 0 Å². The van der Waals surface area contributed by atoms with Crippen molar-refractivity contribution in [3.8, 4) is 5.75 Å². The maximum atomic E-state index is 11.7. The highest BCUT2D eigenvalue weighted by molar-refractivity contribution is 5.69. The summed E-state index contributed by atoms with van der Waals surface area (Å²) in [5.74, 6) is 0.00569. The first-order valence-electron chi connectivity index (χ1n) is 9.10. The first-order chi connectivity index (χ1) is 12.7. The van der Waals surface area contributed by atoms with Crippen molar-refractivity contribution in [2.45, 2.75) is 51.7 Å². The van der Waals surface area contributed by atoms with Gasteiger partial charge in [0.25, 0.3) is 0 Å². The Balaban J connectivity index is 1.80. The Hall–Kier alpha value is -2.35. The van der Waals surface area contributed by atoms with Crippen LogP contribution in [0.1, 0.15) is 40.0 Å². The van der Waals surface area contributed by atoms with E-state index < -0.39 is 10.5 Å². The minimum atomic E-state index is -0.478. The Labute approximate surface area is 159 Å². The molecular weight excluding hydrogens is 352 g/mol. The fourth-order valence-electron chi connectivity index (χ4n) is 3.00. The number of hydrogen-bond donors (Lipinski definition) is 0. The van der Waals surface area contributed by atoms with Gasteiger partial charge in [-0.25, -0.2) is 0 Å². The summed E-state index contributed by atoms with van der Waals surface area (Å²) in [6, 6.07) is 4.91. The fourth-order valence-corrected chi connectivity index (χ4v) is 3.00. The van der Waals surface area contributed by atoms with Crippen LogP contribution in [-0.2, 0) is 14.3 Å². The summed E-state index contributed by atoms with van der Waals surface area (Å²) >= 11 is 0. The molecule has 0 aliphatic carbocycles. The lowest BCUT2D eigenvalue weighted by Crippen LogP contribution is -2.37. The Bertz CT molecular complexity index is 663. The third-order valence-electron chi connectivity index (χ3n) is 4.25. The van der Waals surface area contributed by atoms with E-state index in [1.54, 1.807) is 12.1 Å². The monoisotopic (exact) mass is 380 g/mol. The summed E-state index contributed by atoms with van der Waals surface area (Å²) in [6.07, 6.45) is 2.00. The van der Waals surface area contributed by atoms with E-state index in [-0.39, 0.29) is 29.9 Å². The molecule has 8 nitrogen and oxygen atoms in total. The van der Waals surface area contributed by atoms with Crippen molar-refractivity contribution in [2.24, 2.45) is 0 Å². The molecular formula is C19H28N2O6.